The molecule has 0 unspecified atom stereocenters. The van der Waals surface area contributed by atoms with E-state index >= 15 is 0 Å². The molecule has 1 aromatic heterocycles. The van der Waals surface area contributed by atoms with Crippen LogP contribution < -0.4 is 20.8 Å². The van der Waals surface area contributed by atoms with Gasteiger partial charge in [0.05, 0.1) is 12.9 Å². The lowest BCUT2D eigenvalue weighted by atomic mass is 10.0. The zero-order valence-corrected chi connectivity index (χ0v) is 18.1. The SMILES string of the molecule is COc1ccc2c(C)c(CCC(=O)NCc3cccc(CS(N)(=O)=O)c3)c(=O)oc2c1. The summed E-state index contributed by atoms with van der Waals surface area (Å²) in [6.45, 7) is 2.07. The number of carbonyl (C=O) groups excluding carboxylic acids is 1. The molecule has 0 radical (unpaired) electrons. The third kappa shape index (κ3) is 5.93. The van der Waals surface area contributed by atoms with Gasteiger partial charge in [-0.05, 0) is 42.2 Å². The third-order valence-corrected chi connectivity index (χ3v) is 5.68. The van der Waals surface area contributed by atoms with Gasteiger partial charge in [0, 0.05) is 30.0 Å². The van der Waals surface area contributed by atoms with Crippen molar-refractivity contribution in [3.8, 4) is 5.75 Å². The Bertz CT molecular complexity index is 1280. The molecule has 1 heterocycles. The van der Waals surface area contributed by atoms with Crippen molar-refractivity contribution < 1.29 is 22.4 Å². The van der Waals surface area contributed by atoms with E-state index in [1.165, 1.54) is 7.11 Å². The van der Waals surface area contributed by atoms with Crippen LogP contribution in [0.15, 0.2) is 51.7 Å². The minimum atomic E-state index is -3.63. The van der Waals surface area contributed by atoms with Crippen molar-refractivity contribution in [3.05, 3.63) is 75.1 Å². The van der Waals surface area contributed by atoms with Crippen LogP contribution in [0.4, 0.5) is 0 Å². The first-order valence-electron chi connectivity index (χ1n) is 9.61. The average molecular weight is 445 g/mol. The highest BCUT2D eigenvalue weighted by Crippen LogP contribution is 2.24. The first-order chi connectivity index (χ1) is 14.7. The maximum absolute atomic E-state index is 12.4. The van der Waals surface area contributed by atoms with Gasteiger partial charge >= 0.3 is 5.63 Å². The summed E-state index contributed by atoms with van der Waals surface area (Å²) >= 11 is 0. The fraction of sp³-hybridized carbons (Fsp3) is 0.273. The van der Waals surface area contributed by atoms with Crippen LogP contribution >= 0.6 is 0 Å². The summed E-state index contributed by atoms with van der Waals surface area (Å²) in [5.74, 6) is 0.0956. The molecule has 2 aromatic carbocycles. The number of nitrogens with two attached hydrogens (primary N) is 1. The topological polar surface area (TPSA) is 129 Å². The molecule has 0 saturated heterocycles. The standard InChI is InChI=1S/C22H24N2O6S/c1-14-18-7-6-17(29-2)11-20(18)30-22(26)19(14)8-9-21(25)24-12-15-4-3-5-16(10-15)13-31(23,27)28/h3-7,10-11H,8-9,12-13H2,1-2H3,(H,24,25)(H2,23,27,28). The number of ether oxygens (including phenoxy) is 1. The lowest BCUT2D eigenvalue weighted by Gasteiger charge is -2.10. The second-order valence-electron chi connectivity index (χ2n) is 7.26. The monoisotopic (exact) mass is 444 g/mol. The lowest BCUT2D eigenvalue weighted by molar-refractivity contribution is -0.121. The molecule has 0 saturated carbocycles. The van der Waals surface area contributed by atoms with Crippen LogP contribution in [0.5, 0.6) is 5.75 Å². The Morgan fingerprint density at radius 2 is 1.90 bits per heavy atom. The van der Waals surface area contributed by atoms with E-state index in [1.807, 2.05) is 13.0 Å². The van der Waals surface area contributed by atoms with Crippen molar-refractivity contribution in [2.24, 2.45) is 5.14 Å². The molecule has 0 aliphatic carbocycles. The van der Waals surface area contributed by atoms with Crippen molar-refractivity contribution in [1.29, 1.82) is 0 Å². The van der Waals surface area contributed by atoms with Crippen LogP contribution in [-0.4, -0.2) is 21.4 Å². The van der Waals surface area contributed by atoms with E-state index in [0.717, 1.165) is 16.5 Å². The van der Waals surface area contributed by atoms with Gasteiger partial charge in [-0.25, -0.2) is 18.4 Å². The third-order valence-electron chi connectivity index (χ3n) is 4.95. The highest BCUT2D eigenvalue weighted by atomic mass is 32.2. The predicted molar refractivity (Wildman–Crippen MR) is 117 cm³/mol. The second-order valence-corrected chi connectivity index (χ2v) is 8.87. The quantitative estimate of drug-likeness (QED) is 0.512. The van der Waals surface area contributed by atoms with Gasteiger partial charge in [0.2, 0.25) is 15.9 Å². The average Bonchev–Trinajstić information content (AvgIpc) is 2.70. The predicted octanol–water partition coefficient (Wildman–Crippen LogP) is 2.15. The van der Waals surface area contributed by atoms with Gasteiger partial charge in [0.1, 0.15) is 11.3 Å². The van der Waals surface area contributed by atoms with Gasteiger partial charge in [-0.15, -0.1) is 0 Å². The molecule has 0 spiro atoms. The van der Waals surface area contributed by atoms with Gasteiger partial charge in [0.15, 0.2) is 0 Å². The summed E-state index contributed by atoms with van der Waals surface area (Å²) in [6.07, 6.45) is 0.359. The maximum Gasteiger partial charge on any atom is 0.339 e. The Kier molecular flexibility index (Phi) is 6.77. The van der Waals surface area contributed by atoms with E-state index in [4.69, 9.17) is 14.3 Å². The number of rotatable bonds is 8. The number of hydrogen-bond acceptors (Lipinski definition) is 6. The first kappa shape index (κ1) is 22.5. The number of nitrogens with one attached hydrogen (secondary N) is 1. The maximum atomic E-state index is 12.4. The van der Waals surface area contributed by atoms with Crippen molar-refractivity contribution in [2.75, 3.05) is 7.11 Å². The summed E-state index contributed by atoms with van der Waals surface area (Å²) < 4.78 is 33.0. The summed E-state index contributed by atoms with van der Waals surface area (Å²) in [5, 5.41) is 8.65. The van der Waals surface area contributed by atoms with Gasteiger partial charge in [-0.1, -0.05) is 24.3 Å². The molecule has 164 valence electrons. The number of benzene rings is 2. The van der Waals surface area contributed by atoms with Gasteiger partial charge in [-0.3, -0.25) is 4.79 Å². The Morgan fingerprint density at radius 3 is 2.61 bits per heavy atom. The summed E-state index contributed by atoms with van der Waals surface area (Å²) in [4.78, 5) is 24.7. The molecular formula is C22H24N2O6S. The van der Waals surface area contributed by atoms with E-state index in [0.29, 0.717) is 22.5 Å². The molecule has 0 bridgehead atoms. The summed E-state index contributed by atoms with van der Waals surface area (Å²) in [5.41, 5.74) is 2.51. The Labute approximate surface area is 180 Å². The molecule has 0 aliphatic heterocycles. The molecule has 0 atom stereocenters. The number of sulfonamides is 1. The highest BCUT2D eigenvalue weighted by Gasteiger charge is 2.14. The number of fused-ring (bicyclic) bond motifs is 1. The van der Waals surface area contributed by atoms with Crippen molar-refractivity contribution >= 4 is 26.9 Å². The normalized spacial score (nSPS) is 11.5. The van der Waals surface area contributed by atoms with Crippen LogP contribution in [-0.2, 0) is 33.5 Å². The van der Waals surface area contributed by atoms with E-state index in [9.17, 15) is 18.0 Å². The first-order valence-corrected chi connectivity index (χ1v) is 11.3. The number of amides is 1. The smallest absolute Gasteiger partial charge is 0.339 e. The van der Waals surface area contributed by atoms with Crippen molar-refractivity contribution in [3.63, 3.8) is 0 Å². The van der Waals surface area contributed by atoms with Crippen LogP contribution in [0.3, 0.4) is 0 Å². The molecule has 9 heteroatoms. The molecule has 8 nitrogen and oxygen atoms in total. The van der Waals surface area contributed by atoms with Gasteiger partial charge < -0.3 is 14.5 Å². The van der Waals surface area contributed by atoms with E-state index in [2.05, 4.69) is 5.32 Å². The molecule has 1 amide bonds. The lowest BCUT2D eigenvalue weighted by Crippen LogP contribution is -2.24. The molecule has 3 rings (SSSR count). The highest BCUT2D eigenvalue weighted by molar-refractivity contribution is 7.88. The van der Waals surface area contributed by atoms with Crippen LogP contribution in [0.1, 0.15) is 28.7 Å². The number of methoxy groups -OCH3 is 1. The Morgan fingerprint density at radius 1 is 1.16 bits per heavy atom. The number of hydrogen-bond donors (Lipinski definition) is 2. The fourth-order valence-corrected chi connectivity index (χ4v) is 4.02. The van der Waals surface area contributed by atoms with Gasteiger partial charge in [-0.2, -0.15) is 0 Å². The second kappa shape index (κ2) is 9.32. The largest absolute Gasteiger partial charge is 0.497 e. The fourth-order valence-electron chi connectivity index (χ4n) is 3.38. The van der Waals surface area contributed by atoms with E-state index in [-0.39, 0.29) is 31.0 Å². The number of aryl methyl sites for hydroxylation is 1. The zero-order valence-electron chi connectivity index (χ0n) is 17.3. The van der Waals surface area contributed by atoms with Crippen molar-refractivity contribution in [2.45, 2.75) is 32.1 Å². The van der Waals surface area contributed by atoms with Crippen LogP contribution in [0.25, 0.3) is 11.0 Å². The molecule has 3 aromatic rings. The Balaban J connectivity index is 1.64. The molecule has 0 aliphatic rings. The summed E-state index contributed by atoms with van der Waals surface area (Å²) in [6, 6.07) is 12.1. The molecule has 0 fully saturated rings. The minimum Gasteiger partial charge on any atom is -0.497 e. The number of primary sulfonamides is 1. The number of carbonyl (C=O) groups is 1. The van der Waals surface area contributed by atoms with Crippen molar-refractivity contribution in [1.82, 2.24) is 5.32 Å². The Hall–Kier alpha value is -3.17. The van der Waals surface area contributed by atoms with Gasteiger partial charge in [0.25, 0.3) is 0 Å². The van der Waals surface area contributed by atoms with E-state index in [1.54, 1.807) is 36.4 Å². The van der Waals surface area contributed by atoms with E-state index < -0.39 is 15.6 Å². The van der Waals surface area contributed by atoms with Crippen LogP contribution in [0.2, 0.25) is 0 Å². The van der Waals surface area contributed by atoms with Crippen LogP contribution in [0, 0.1) is 6.92 Å². The summed E-state index contributed by atoms with van der Waals surface area (Å²) in [7, 11) is -2.09. The molecule has 3 N–H and O–H groups in total. The molecule has 31 heavy (non-hydrogen) atoms. The minimum absolute atomic E-state index is 0.115. The molecular weight excluding hydrogens is 420 g/mol. The zero-order chi connectivity index (χ0) is 22.6.